The molecule has 2 saturated heterocycles. The Kier molecular flexibility index (Phi) is 6.17. The fourth-order valence-corrected chi connectivity index (χ4v) is 3.89. The van der Waals surface area contributed by atoms with Gasteiger partial charge in [0.1, 0.15) is 6.61 Å². The molecule has 0 spiro atoms. The van der Waals surface area contributed by atoms with Crippen LogP contribution >= 0.6 is 11.6 Å². The van der Waals surface area contributed by atoms with Gasteiger partial charge in [0.05, 0.1) is 25.3 Å². The van der Waals surface area contributed by atoms with Crippen molar-refractivity contribution >= 4 is 17.6 Å². The molecule has 148 valence electrons. The molecule has 0 amide bonds. The number of hydrogen-bond acceptors (Lipinski definition) is 7. The van der Waals surface area contributed by atoms with Gasteiger partial charge in [-0.05, 0) is 17.2 Å². The van der Waals surface area contributed by atoms with Gasteiger partial charge in [-0.1, -0.05) is 30.3 Å². The van der Waals surface area contributed by atoms with Crippen molar-refractivity contribution < 1.29 is 14.3 Å². The lowest BCUT2D eigenvalue weighted by Crippen LogP contribution is -2.52. The highest BCUT2D eigenvalue weighted by Gasteiger charge is 2.40. The van der Waals surface area contributed by atoms with E-state index in [9.17, 15) is 4.79 Å². The number of fused-ring (bicyclic) bond motifs is 1. The van der Waals surface area contributed by atoms with Crippen LogP contribution in [-0.2, 0) is 27.4 Å². The van der Waals surface area contributed by atoms with Gasteiger partial charge >= 0.3 is 5.97 Å². The van der Waals surface area contributed by atoms with Crippen LogP contribution in [0, 0.1) is 0 Å². The van der Waals surface area contributed by atoms with Gasteiger partial charge in [-0.2, -0.15) is 0 Å². The number of benzene rings is 1. The summed E-state index contributed by atoms with van der Waals surface area (Å²) in [6, 6.07) is 9.91. The molecular formula is C20H23ClN4O3. The van der Waals surface area contributed by atoms with E-state index in [0.29, 0.717) is 13.2 Å². The highest BCUT2D eigenvalue weighted by Crippen LogP contribution is 2.24. The van der Waals surface area contributed by atoms with Gasteiger partial charge in [0.2, 0.25) is 5.28 Å². The summed E-state index contributed by atoms with van der Waals surface area (Å²) in [7, 11) is 0. The highest BCUT2D eigenvalue weighted by molar-refractivity contribution is 6.28. The van der Waals surface area contributed by atoms with E-state index in [4.69, 9.17) is 21.1 Å². The maximum absolute atomic E-state index is 12.3. The fourth-order valence-electron chi connectivity index (χ4n) is 3.79. The number of carbonyl (C=O) groups excluding carboxylic acids is 1. The van der Waals surface area contributed by atoms with Crippen LogP contribution in [0.2, 0.25) is 5.28 Å². The van der Waals surface area contributed by atoms with Gasteiger partial charge in [0, 0.05) is 44.1 Å². The zero-order valence-corrected chi connectivity index (χ0v) is 16.3. The Morgan fingerprint density at radius 3 is 2.75 bits per heavy atom. The fraction of sp³-hybridized carbons (Fsp3) is 0.450. The lowest BCUT2D eigenvalue weighted by atomic mass is 10.1. The second-order valence-electron chi connectivity index (χ2n) is 7.15. The van der Waals surface area contributed by atoms with Crippen LogP contribution in [0.15, 0.2) is 42.7 Å². The van der Waals surface area contributed by atoms with Crippen LogP contribution in [0.5, 0.6) is 0 Å². The highest BCUT2D eigenvalue weighted by atomic mass is 35.5. The van der Waals surface area contributed by atoms with Gasteiger partial charge in [0.15, 0.2) is 0 Å². The van der Waals surface area contributed by atoms with Crippen LogP contribution in [0.3, 0.4) is 0 Å². The van der Waals surface area contributed by atoms with Crippen molar-refractivity contribution in [2.75, 3.05) is 32.8 Å². The average molecular weight is 403 g/mol. The number of aromatic nitrogens is 2. The molecule has 0 aliphatic carbocycles. The molecule has 0 radical (unpaired) electrons. The third-order valence-corrected chi connectivity index (χ3v) is 5.34. The molecule has 8 heteroatoms. The standard InChI is InChI=1S/C20H23ClN4O3/c21-20-22-8-16(9-23-20)10-24-11-17-18(12-24)27-7-6-25(17)13-19(26)28-14-15-4-2-1-3-5-15/h1-5,8-9,17-18H,6-7,10-14H2/t17-,18+/m0/s1. The number of halogens is 1. The third kappa shape index (κ3) is 4.86. The lowest BCUT2D eigenvalue weighted by Gasteiger charge is -2.36. The van der Waals surface area contributed by atoms with Crippen molar-refractivity contribution in [1.29, 1.82) is 0 Å². The number of likely N-dealkylation sites (tertiary alicyclic amines) is 1. The molecule has 2 aromatic rings. The first-order valence-corrected chi connectivity index (χ1v) is 9.79. The minimum absolute atomic E-state index is 0.101. The van der Waals surface area contributed by atoms with Crippen molar-refractivity contribution in [1.82, 2.24) is 19.8 Å². The zero-order chi connectivity index (χ0) is 19.3. The minimum atomic E-state index is -0.200. The number of nitrogens with zero attached hydrogens (tertiary/aromatic N) is 4. The topological polar surface area (TPSA) is 67.8 Å². The second-order valence-corrected chi connectivity index (χ2v) is 7.49. The Morgan fingerprint density at radius 2 is 1.96 bits per heavy atom. The van der Waals surface area contributed by atoms with Gasteiger partial charge in [-0.25, -0.2) is 9.97 Å². The van der Waals surface area contributed by atoms with Crippen LogP contribution in [-0.4, -0.2) is 70.7 Å². The second kappa shape index (κ2) is 8.96. The molecule has 2 aliphatic heterocycles. The predicted octanol–water partition coefficient (Wildman–Crippen LogP) is 1.76. The molecule has 3 heterocycles. The van der Waals surface area contributed by atoms with Crippen molar-refractivity contribution in [3.05, 3.63) is 59.1 Å². The van der Waals surface area contributed by atoms with Gasteiger partial charge in [-0.15, -0.1) is 0 Å². The first-order valence-electron chi connectivity index (χ1n) is 9.41. The molecule has 0 N–H and O–H groups in total. The summed E-state index contributed by atoms with van der Waals surface area (Å²) < 4.78 is 11.4. The first-order chi connectivity index (χ1) is 13.7. The van der Waals surface area contributed by atoms with E-state index in [1.807, 2.05) is 30.3 Å². The van der Waals surface area contributed by atoms with Crippen LogP contribution in [0.4, 0.5) is 0 Å². The predicted molar refractivity (Wildman–Crippen MR) is 104 cm³/mol. The summed E-state index contributed by atoms with van der Waals surface area (Å²) in [6.45, 7) is 4.35. The summed E-state index contributed by atoms with van der Waals surface area (Å²) in [5.41, 5.74) is 2.00. The summed E-state index contributed by atoms with van der Waals surface area (Å²) >= 11 is 5.75. The molecule has 0 saturated carbocycles. The molecular weight excluding hydrogens is 380 g/mol. The van der Waals surface area contributed by atoms with E-state index in [2.05, 4.69) is 19.8 Å². The van der Waals surface area contributed by atoms with Crippen LogP contribution in [0.25, 0.3) is 0 Å². The Labute approximate surface area is 169 Å². The van der Waals surface area contributed by atoms with Crippen molar-refractivity contribution in [2.24, 2.45) is 0 Å². The molecule has 0 bridgehead atoms. The Balaban J connectivity index is 1.30. The molecule has 2 fully saturated rings. The molecule has 7 nitrogen and oxygen atoms in total. The summed E-state index contributed by atoms with van der Waals surface area (Å²) in [5, 5.41) is 0.252. The zero-order valence-electron chi connectivity index (χ0n) is 15.5. The Hall–Kier alpha value is -2.06. The largest absolute Gasteiger partial charge is 0.460 e. The smallest absolute Gasteiger partial charge is 0.320 e. The van der Waals surface area contributed by atoms with Crippen LogP contribution in [0.1, 0.15) is 11.1 Å². The molecule has 1 aromatic carbocycles. The molecule has 4 rings (SSSR count). The van der Waals surface area contributed by atoms with Crippen molar-refractivity contribution in [2.45, 2.75) is 25.3 Å². The number of ether oxygens (including phenoxy) is 2. The van der Waals surface area contributed by atoms with Gasteiger partial charge in [0.25, 0.3) is 0 Å². The summed E-state index contributed by atoms with van der Waals surface area (Å²) in [4.78, 5) is 24.9. The Morgan fingerprint density at radius 1 is 1.18 bits per heavy atom. The molecule has 28 heavy (non-hydrogen) atoms. The normalized spacial score (nSPS) is 22.8. The molecule has 2 aliphatic rings. The van der Waals surface area contributed by atoms with E-state index in [1.165, 1.54) is 0 Å². The number of carbonyl (C=O) groups is 1. The molecule has 1 aromatic heterocycles. The number of rotatable bonds is 6. The monoisotopic (exact) mass is 402 g/mol. The summed E-state index contributed by atoms with van der Waals surface area (Å²) in [5.74, 6) is -0.200. The van der Waals surface area contributed by atoms with Crippen LogP contribution < -0.4 is 0 Å². The number of esters is 1. The lowest BCUT2D eigenvalue weighted by molar-refractivity contribution is -0.149. The van der Waals surface area contributed by atoms with Crippen molar-refractivity contribution in [3.8, 4) is 0 Å². The number of morpholine rings is 1. The SMILES string of the molecule is O=C(CN1CCO[C@@H]2CN(Cc3cnc(Cl)nc3)C[C@@H]21)OCc1ccccc1. The quantitative estimate of drug-likeness (QED) is 0.538. The van der Waals surface area contributed by atoms with Crippen molar-refractivity contribution in [3.63, 3.8) is 0 Å². The third-order valence-electron chi connectivity index (χ3n) is 5.15. The minimum Gasteiger partial charge on any atom is -0.460 e. The maximum atomic E-state index is 12.3. The maximum Gasteiger partial charge on any atom is 0.320 e. The summed E-state index contributed by atoms with van der Waals surface area (Å²) in [6.07, 6.45) is 3.59. The van der Waals surface area contributed by atoms with E-state index in [-0.39, 0.29) is 29.9 Å². The average Bonchev–Trinajstić information content (AvgIpc) is 3.12. The number of hydrogen-bond donors (Lipinski definition) is 0. The Bertz CT molecular complexity index is 790. The molecule has 0 unspecified atom stereocenters. The van der Waals surface area contributed by atoms with E-state index < -0.39 is 0 Å². The van der Waals surface area contributed by atoms with Gasteiger partial charge < -0.3 is 9.47 Å². The van der Waals surface area contributed by atoms with E-state index in [0.717, 1.165) is 37.3 Å². The first kappa shape index (κ1) is 19.3. The molecule has 2 atom stereocenters. The van der Waals surface area contributed by atoms with E-state index >= 15 is 0 Å². The van der Waals surface area contributed by atoms with Gasteiger partial charge in [-0.3, -0.25) is 14.6 Å². The van der Waals surface area contributed by atoms with E-state index in [1.54, 1.807) is 12.4 Å².